The molecule has 2 atom stereocenters. The number of aliphatic hydroxyl groups is 1. The third-order valence-electron chi connectivity index (χ3n) is 3.34. The minimum atomic E-state index is -3.61. The highest BCUT2D eigenvalue weighted by atomic mass is 32.2. The molecule has 1 saturated heterocycles. The normalized spacial score (nSPS) is 22.0. The first-order chi connectivity index (χ1) is 11.0. The Morgan fingerprint density at radius 3 is 1.83 bits per heavy atom. The van der Waals surface area contributed by atoms with E-state index in [1.54, 1.807) is 0 Å². The third-order valence-corrected chi connectivity index (χ3v) is 5.05. The SMILES string of the molecule is O=[N+]([O-])c1cc([N+](=O)[O-])c(NC2CS(=O)(=O)CC2O)c([N+](=O)[O-])c1. The monoisotopic (exact) mass is 362 g/mol. The summed E-state index contributed by atoms with van der Waals surface area (Å²) in [6.45, 7) is 0. The van der Waals surface area contributed by atoms with Crippen molar-refractivity contribution in [3.05, 3.63) is 42.5 Å². The molecule has 14 heteroatoms. The molecule has 130 valence electrons. The Morgan fingerprint density at radius 2 is 1.50 bits per heavy atom. The van der Waals surface area contributed by atoms with Crippen LogP contribution in [0.3, 0.4) is 0 Å². The Kier molecular flexibility index (Phi) is 4.35. The molecule has 2 unspecified atom stereocenters. The first kappa shape index (κ1) is 17.5. The fourth-order valence-corrected chi connectivity index (χ4v) is 4.03. The van der Waals surface area contributed by atoms with Gasteiger partial charge in [-0.15, -0.1) is 0 Å². The highest BCUT2D eigenvalue weighted by Crippen LogP contribution is 2.39. The second-order valence-electron chi connectivity index (χ2n) is 5.03. The molecule has 0 saturated carbocycles. The largest absolute Gasteiger partial charge is 0.390 e. The van der Waals surface area contributed by atoms with Gasteiger partial charge in [0.05, 0.1) is 50.6 Å². The quantitative estimate of drug-likeness (QED) is 0.530. The van der Waals surface area contributed by atoms with E-state index < -0.39 is 71.0 Å². The lowest BCUT2D eigenvalue weighted by molar-refractivity contribution is -0.401. The first-order valence-corrected chi connectivity index (χ1v) is 8.10. The number of aliphatic hydroxyl groups excluding tert-OH is 1. The number of hydrogen-bond acceptors (Lipinski definition) is 10. The zero-order valence-corrected chi connectivity index (χ0v) is 12.5. The summed E-state index contributed by atoms with van der Waals surface area (Å²) >= 11 is 0. The maximum absolute atomic E-state index is 11.5. The lowest BCUT2D eigenvalue weighted by Gasteiger charge is -2.16. The number of nitrogens with one attached hydrogen (secondary N) is 1. The number of non-ortho nitro benzene ring substituents is 1. The topological polar surface area (TPSA) is 196 Å². The van der Waals surface area contributed by atoms with Gasteiger partial charge in [-0.1, -0.05) is 0 Å². The second kappa shape index (κ2) is 5.97. The zero-order valence-electron chi connectivity index (χ0n) is 11.7. The lowest BCUT2D eigenvalue weighted by Crippen LogP contribution is -2.32. The van der Waals surface area contributed by atoms with Crippen molar-refractivity contribution in [1.82, 2.24) is 0 Å². The van der Waals surface area contributed by atoms with Gasteiger partial charge < -0.3 is 10.4 Å². The average Bonchev–Trinajstić information content (AvgIpc) is 2.70. The summed E-state index contributed by atoms with van der Waals surface area (Å²) in [6, 6.07) is -0.176. The van der Waals surface area contributed by atoms with Crippen molar-refractivity contribution in [2.75, 3.05) is 16.8 Å². The molecule has 1 heterocycles. The van der Waals surface area contributed by atoms with Crippen LogP contribution in [0.1, 0.15) is 0 Å². The maximum Gasteiger partial charge on any atom is 0.306 e. The maximum atomic E-state index is 11.5. The summed E-state index contributed by atoms with van der Waals surface area (Å²) in [6.07, 6.45) is -1.43. The lowest BCUT2D eigenvalue weighted by atomic mass is 10.1. The summed E-state index contributed by atoms with van der Waals surface area (Å²) in [5.74, 6) is -1.18. The molecule has 0 amide bonds. The molecule has 2 rings (SSSR count). The number of sulfone groups is 1. The van der Waals surface area contributed by atoms with Crippen LogP contribution in [0.2, 0.25) is 0 Å². The van der Waals surface area contributed by atoms with E-state index in [9.17, 15) is 43.9 Å². The summed E-state index contributed by atoms with van der Waals surface area (Å²) in [4.78, 5) is 29.8. The molecule has 2 N–H and O–H groups in total. The van der Waals surface area contributed by atoms with Gasteiger partial charge in [0.2, 0.25) is 0 Å². The van der Waals surface area contributed by atoms with E-state index in [4.69, 9.17) is 0 Å². The minimum Gasteiger partial charge on any atom is -0.390 e. The van der Waals surface area contributed by atoms with E-state index in [0.717, 1.165) is 0 Å². The molecule has 1 aliphatic rings. The Balaban J connectivity index is 2.57. The van der Waals surface area contributed by atoms with E-state index in [0.29, 0.717) is 12.1 Å². The summed E-state index contributed by atoms with van der Waals surface area (Å²) in [5, 5.41) is 44.9. The van der Waals surface area contributed by atoms with Gasteiger partial charge in [0, 0.05) is 0 Å². The first-order valence-electron chi connectivity index (χ1n) is 6.28. The fraction of sp³-hybridized carbons (Fsp3) is 0.400. The number of rotatable bonds is 5. The number of nitrogens with zero attached hydrogens (tertiary/aromatic N) is 3. The van der Waals surface area contributed by atoms with Crippen molar-refractivity contribution in [1.29, 1.82) is 0 Å². The zero-order chi connectivity index (χ0) is 18.2. The van der Waals surface area contributed by atoms with Crippen LogP contribution in [0.5, 0.6) is 0 Å². The van der Waals surface area contributed by atoms with E-state index in [-0.39, 0.29) is 0 Å². The third kappa shape index (κ3) is 3.38. The van der Waals surface area contributed by atoms with E-state index in [2.05, 4.69) is 5.32 Å². The fourth-order valence-electron chi connectivity index (χ4n) is 2.29. The van der Waals surface area contributed by atoms with E-state index in [1.807, 2.05) is 0 Å². The van der Waals surface area contributed by atoms with Crippen molar-refractivity contribution >= 4 is 32.6 Å². The van der Waals surface area contributed by atoms with E-state index >= 15 is 0 Å². The van der Waals surface area contributed by atoms with Crippen LogP contribution in [-0.2, 0) is 9.84 Å². The van der Waals surface area contributed by atoms with Crippen LogP contribution >= 0.6 is 0 Å². The van der Waals surface area contributed by atoms with Crippen molar-refractivity contribution in [3.8, 4) is 0 Å². The molecule has 1 fully saturated rings. The summed E-state index contributed by atoms with van der Waals surface area (Å²) in [5.41, 5.74) is -3.49. The molecular weight excluding hydrogens is 352 g/mol. The minimum absolute atomic E-state index is 0.519. The second-order valence-corrected chi connectivity index (χ2v) is 7.18. The molecule has 0 aliphatic carbocycles. The van der Waals surface area contributed by atoms with Crippen molar-refractivity contribution in [2.24, 2.45) is 0 Å². The van der Waals surface area contributed by atoms with Gasteiger partial charge in [-0.25, -0.2) is 8.42 Å². The molecule has 0 radical (unpaired) electrons. The highest BCUT2D eigenvalue weighted by Gasteiger charge is 2.40. The van der Waals surface area contributed by atoms with Gasteiger partial charge in [-0.2, -0.15) is 0 Å². The van der Waals surface area contributed by atoms with Gasteiger partial charge in [-0.3, -0.25) is 30.3 Å². The molecule has 1 aromatic carbocycles. The predicted octanol–water partition coefficient (Wildman–Crippen LogP) is -0.0190. The Bertz CT molecular complexity index is 802. The van der Waals surface area contributed by atoms with Crippen LogP contribution in [-0.4, -0.2) is 51.9 Å². The van der Waals surface area contributed by atoms with Gasteiger partial charge in [0.1, 0.15) is 0 Å². The van der Waals surface area contributed by atoms with Crippen molar-refractivity contribution < 1.29 is 28.3 Å². The van der Waals surface area contributed by atoms with Gasteiger partial charge >= 0.3 is 11.4 Å². The van der Waals surface area contributed by atoms with Crippen LogP contribution in [0.4, 0.5) is 22.7 Å². The molecule has 0 spiro atoms. The van der Waals surface area contributed by atoms with E-state index in [1.165, 1.54) is 0 Å². The van der Waals surface area contributed by atoms with Crippen LogP contribution < -0.4 is 5.32 Å². The van der Waals surface area contributed by atoms with Crippen molar-refractivity contribution in [2.45, 2.75) is 12.1 Å². The number of anilines is 1. The number of benzene rings is 1. The van der Waals surface area contributed by atoms with Crippen LogP contribution in [0, 0.1) is 30.3 Å². The van der Waals surface area contributed by atoms with Crippen LogP contribution in [0.15, 0.2) is 12.1 Å². The van der Waals surface area contributed by atoms with Gasteiger partial charge in [-0.05, 0) is 0 Å². The Hall–Kier alpha value is -2.87. The molecule has 1 aliphatic heterocycles. The number of nitro groups is 3. The Labute approximate surface area is 133 Å². The molecule has 0 bridgehead atoms. The number of nitro benzene ring substituents is 3. The van der Waals surface area contributed by atoms with Crippen molar-refractivity contribution in [3.63, 3.8) is 0 Å². The summed E-state index contributed by atoms with van der Waals surface area (Å²) < 4.78 is 22.9. The van der Waals surface area contributed by atoms with Crippen LogP contribution in [0.25, 0.3) is 0 Å². The van der Waals surface area contributed by atoms with Gasteiger partial charge in [0.15, 0.2) is 15.5 Å². The highest BCUT2D eigenvalue weighted by molar-refractivity contribution is 7.91. The molecule has 13 nitrogen and oxygen atoms in total. The van der Waals surface area contributed by atoms with Gasteiger partial charge in [0.25, 0.3) is 5.69 Å². The molecular formula is C10H10N4O9S. The molecule has 1 aromatic rings. The molecule has 0 aromatic heterocycles. The average molecular weight is 362 g/mol. The summed E-state index contributed by atoms with van der Waals surface area (Å²) in [7, 11) is -3.61. The predicted molar refractivity (Wildman–Crippen MR) is 78.5 cm³/mol. The number of hydrogen-bond donors (Lipinski definition) is 2. The Morgan fingerprint density at radius 1 is 1.00 bits per heavy atom. The molecule has 24 heavy (non-hydrogen) atoms. The smallest absolute Gasteiger partial charge is 0.306 e. The standard InChI is InChI=1S/C10H10N4O9S/c15-9-4-24(22,23)3-6(9)11-10-7(13(18)19)1-5(12(16)17)2-8(10)14(20)21/h1-2,6,9,11,15H,3-4H2.